The van der Waals surface area contributed by atoms with Crippen molar-refractivity contribution < 1.29 is 9.72 Å². The van der Waals surface area contributed by atoms with E-state index in [0.717, 1.165) is 31.6 Å². The van der Waals surface area contributed by atoms with Crippen LogP contribution in [0.4, 0.5) is 11.4 Å². The first-order valence-electron chi connectivity index (χ1n) is 8.57. The van der Waals surface area contributed by atoms with Gasteiger partial charge in [-0.2, -0.15) is 5.10 Å². The van der Waals surface area contributed by atoms with Crippen LogP contribution in [0.1, 0.15) is 35.2 Å². The Kier molecular flexibility index (Phi) is 5.58. The molecule has 1 fully saturated rings. The summed E-state index contributed by atoms with van der Waals surface area (Å²) in [4.78, 5) is 24.9. The van der Waals surface area contributed by atoms with Gasteiger partial charge >= 0.3 is 0 Å². The summed E-state index contributed by atoms with van der Waals surface area (Å²) in [6, 6.07) is 13.5. The lowest BCUT2D eigenvalue weighted by Crippen LogP contribution is -2.30. The number of carbonyl (C=O) groups is 1. The summed E-state index contributed by atoms with van der Waals surface area (Å²) in [5, 5.41) is 15.1. The molecule has 1 amide bonds. The highest BCUT2D eigenvalue weighted by Gasteiger charge is 2.17. The van der Waals surface area contributed by atoms with Crippen LogP contribution in [0.5, 0.6) is 0 Å². The van der Waals surface area contributed by atoms with E-state index in [1.807, 2.05) is 6.07 Å². The first-order valence-corrected chi connectivity index (χ1v) is 8.57. The molecule has 0 atom stereocenters. The summed E-state index contributed by atoms with van der Waals surface area (Å²) in [5.74, 6) is -0.327. The molecule has 134 valence electrons. The van der Waals surface area contributed by atoms with Crippen LogP contribution in [0.15, 0.2) is 53.6 Å². The van der Waals surface area contributed by atoms with Gasteiger partial charge in [0.25, 0.3) is 11.6 Å². The molecule has 0 spiro atoms. The number of nitrogens with zero attached hydrogens (tertiary/aromatic N) is 3. The first kappa shape index (κ1) is 17.6. The highest BCUT2D eigenvalue weighted by atomic mass is 16.6. The van der Waals surface area contributed by atoms with Gasteiger partial charge in [0, 0.05) is 42.0 Å². The van der Waals surface area contributed by atoms with Gasteiger partial charge in [0.15, 0.2) is 0 Å². The average Bonchev–Trinajstić information content (AvgIpc) is 2.69. The van der Waals surface area contributed by atoms with Crippen molar-refractivity contribution in [1.82, 2.24) is 5.43 Å². The second-order valence-corrected chi connectivity index (χ2v) is 6.11. The summed E-state index contributed by atoms with van der Waals surface area (Å²) < 4.78 is 0. The normalized spacial score (nSPS) is 14.4. The number of hydrogen-bond donors (Lipinski definition) is 1. The molecule has 1 aliphatic rings. The van der Waals surface area contributed by atoms with E-state index >= 15 is 0 Å². The Morgan fingerprint density at radius 1 is 1.12 bits per heavy atom. The first-order chi connectivity index (χ1) is 12.6. The van der Waals surface area contributed by atoms with Crippen molar-refractivity contribution in [2.24, 2.45) is 5.10 Å². The highest BCUT2D eigenvalue weighted by molar-refractivity contribution is 5.95. The number of amides is 1. The van der Waals surface area contributed by atoms with E-state index in [9.17, 15) is 14.9 Å². The van der Waals surface area contributed by atoms with Crippen LogP contribution < -0.4 is 10.3 Å². The number of piperidine rings is 1. The smallest absolute Gasteiger partial charge is 0.271 e. The van der Waals surface area contributed by atoms with Crippen LogP contribution in [0.3, 0.4) is 0 Å². The Labute approximate surface area is 151 Å². The predicted octanol–water partition coefficient (Wildman–Crippen LogP) is 3.35. The largest absolute Gasteiger partial charge is 0.371 e. The molecule has 26 heavy (non-hydrogen) atoms. The summed E-state index contributed by atoms with van der Waals surface area (Å²) in [6.45, 7) is 1.82. The standard InChI is InChI=1S/C19H20N4O3/c24-19(15-7-3-1-4-8-15)21-20-14-16-13-17(23(25)26)9-10-18(16)22-11-5-2-6-12-22/h1,3-4,7-10,13-14H,2,5-6,11-12H2,(H,21,24)/b20-14+. The number of nitro benzene ring substituents is 1. The summed E-state index contributed by atoms with van der Waals surface area (Å²) >= 11 is 0. The minimum Gasteiger partial charge on any atom is -0.371 e. The van der Waals surface area contributed by atoms with Gasteiger partial charge in [-0.3, -0.25) is 14.9 Å². The number of benzene rings is 2. The second kappa shape index (κ2) is 8.24. The molecule has 1 saturated heterocycles. The Morgan fingerprint density at radius 3 is 2.54 bits per heavy atom. The molecular weight excluding hydrogens is 332 g/mol. The van der Waals surface area contributed by atoms with Crippen molar-refractivity contribution >= 4 is 23.5 Å². The second-order valence-electron chi connectivity index (χ2n) is 6.11. The third-order valence-electron chi connectivity index (χ3n) is 4.32. The molecule has 0 aromatic heterocycles. The fraction of sp³-hybridized carbons (Fsp3) is 0.263. The summed E-state index contributed by atoms with van der Waals surface area (Å²) in [7, 11) is 0. The molecule has 7 heteroatoms. The van der Waals surface area contributed by atoms with Crippen molar-refractivity contribution in [1.29, 1.82) is 0 Å². The molecule has 3 rings (SSSR count). The van der Waals surface area contributed by atoms with Gasteiger partial charge in [0.2, 0.25) is 0 Å². The van der Waals surface area contributed by atoms with E-state index in [2.05, 4.69) is 15.4 Å². The number of hydrogen-bond acceptors (Lipinski definition) is 5. The number of non-ortho nitro benzene ring substituents is 1. The molecule has 0 bridgehead atoms. The Morgan fingerprint density at radius 2 is 1.85 bits per heavy atom. The van der Waals surface area contributed by atoms with E-state index in [1.54, 1.807) is 30.3 Å². The van der Waals surface area contributed by atoms with Crippen molar-refractivity contribution in [3.63, 3.8) is 0 Å². The molecular formula is C19H20N4O3. The zero-order valence-electron chi connectivity index (χ0n) is 14.3. The van der Waals surface area contributed by atoms with Gasteiger partial charge in [-0.15, -0.1) is 0 Å². The van der Waals surface area contributed by atoms with E-state index < -0.39 is 4.92 Å². The zero-order valence-corrected chi connectivity index (χ0v) is 14.3. The molecule has 2 aromatic carbocycles. The van der Waals surface area contributed by atoms with E-state index in [-0.39, 0.29) is 11.6 Å². The number of rotatable bonds is 5. The van der Waals surface area contributed by atoms with Crippen LogP contribution >= 0.6 is 0 Å². The maximum Gasteiger partial charge on any atom is 0.271 e. The van der Waals surface area contributed by atoms with Gasteiger partial charge in [0.05, 0.1) is 11.1 Å². The third kappa shape index (κ3) is 4.24. The van der Waals surface area contributed by atoms with Crippen LogP contribution in [0.2, 0.25) is 0 Å². The zero-order chi connectivity index (χ0) is 18.4. The van der Waals surface area contributed by atoms with Crippen LogP contribution in [0.25, 0.3) is 0 Å². The van der Waals surface area contributed by atoms with Gasteiger partial charge in [-0.25, -0.2) is 5.43 Å². The summed E-state index contributed by atoms with van der Waals surface area (Å²) in [6.07, 6.45) is 4.86. The molecule has 1 N–H and O–H groups in total. The molecule has 1 heterocycles. The van der Waals surface area contributed by atoms with Crippen molar-refractivity contribution in [3.8, 4) is 0 Å². The molecule has 0 radical (unpaired) electrons. The molecule has 0 aliphatic carbocycles. The van der Waals surface area contributed by atoms with Crippen LogP contribution in [0, 0.1) is 10.1 Å². The van der Waals surface area contributed by atoms with Gasteiger partial charge in [0.1, 0.15) is 0 Å². The minimum atomic E-state index is -0.431. The molecule has 1 aliphatic heterocycles. The summed E-state index contributed by atoms with van der Waals surface area (Å²) in [5.41, 5.74) is 4.49. The van der Waals surface area contributed by atoms with Crippen LogP contribution in [-0.2, 0) is 0 Å². The minimum absolute atomic E-state index is 0.00148. The van der Waals surface area contributed by atoms with Crippen molar-refractivity contribution in [2.45, 2.75) is 19.3 Å². The predicted molar refractivity (Wildman–Crippen MR) is 101 cm³/mol. The number of hydrazone groups is 1. The maximum absolute atomic E-state index is 12.1. The maximum atomic E-state index is 12.1. The molecule has 2 aromatic rings. The molecule has 0 saturated carbocycles. The van der Waals surface area contributed by atoms with Crippen LogP contribution in [-0.4, -0.2) is 30.1 Å². The lowest BCUT2D eigenvalue weighted by atomic mass is 10.1. The Balaban J connectivity index is 1.80. The Bertz CT molecular complexity index is 815. The quantitative estimate of drug-likeness (QED) is 0.508. The van der Waals surface area contributed by atoms with Crippen molar-refractivity contribution in [2.75, 3.05) is 18.0 Å². The van der Waals surface area contributed by atoms with Gasteiger partial charge in [-0.1, -0.05) is 18.2 Å². The van der Waals surface area contributed by atoms with Gasteiger partial charge < -0.3 is 4.90 Å². The fourth-order valence-electron chi connectivity index (χ4n) is 3.00. The number of nitro groups is 1. The highest BCUT2D eigenvalue weighted by Crippen LogP contribution is 2.26. The fourth-order valence-corrected chi connectivity index (χ4v) is 3.00. The van der Waals surface area contributed by atoms with E-state index in [0.29, 0.717) is 11.1 Å². The lowest BCUT2D eigenvalue weighted by Gasteiger charge is -2.29. The number of nitrogens with one attached hydrogen (secondary N) is 1. The third-order valence-corrected chi connectivity index (χ3v) is 4.32. The number of carbonyl (C=O) groups excluding carboxylic acids is 1. The molecule has 7 nitrogen and oxygen atoms in total. The van der Waals surface area contributed by atoms with Gasteiger partial charge in [-0.05, 0) is 37.5 Å². The van der Waals surface area contributed by atoms with E-state index in [4.69, 9.17) is 0 Å². The van der Waals surface area contributed by atoms with E-state index in [1.165, 1.54) is 24.8 Å². The SMILES string of the molecule is O=C(N/N=C/c1cc([N+](=O)[O-])ccc1N1CCCCC1)c1ccccc1. The monoisotopic (exact) mass is 352 g/mol. The topological polar surface area (TPSA) is 87.8 Å². The van der Waals surface area contributed by atoms with Crippen molar-refractivity contribution in [3.05, 3.63) is 69.8 Å². The Hall–Kier alpha value is -3.22. The average molecular weight is 352 g/mol. The lowest BCUT2D eigenvalue weighted by molar-refractivity contribution is -0.384. The number of anilines is 1. The molecule has 0 unspecified atom stereocenters.